The Hall–Kier alpha value is -4.06. The molecule has 1 aliphatic heterocycles. The molecule has 160 valence electrons. The monoisotopic (exact) mass is 426 g/mol. The summed E-state index contributed by atoms with van der Waals surface area (Å²) in [5.74, 6) is -0.583. The number of fused-ring (bicyclic) bond motifs is 2. The first-order valence-electron chi connectivity index (χ1n) is 10.3. The molecule has 0 aliphatic carbocycles. The van der Waals surface area contributed by atoms with Crippen LogP contribution < -0.4 is 4.74 Å². The number of aliphatic carboxylic acids is 1. The first-order valence-corrected chi connectivity index (χ1v) is 10.3. The largest absolute Gasteiger partial charge is 0.497 e. The van der Waals surface area contributed by atoms with E-state index in [4.69, 9.17) is 4.74 Å². The number of carbonyl (C=O) groups excluding carboxylic acids is 1. The summed E-state index contributed by atoms with van der Waals surface area (Å²) >= 11 is 0. The lowest BCUT2D eigenvalue weighted by atomic mass is 9.93. The van der Waals surface area contributed by atoms with Gasteiger partial charge in [-0.15, -0.1) is 0 Å². The van der Waals surface area contributed by atoms with Crippen LogP contribution in [0, 0.1) is 0 Å². The molecule has 1 aromatic heterocycles. The Morgan fingerprint density at radius 3 is 2.56 bits per heavy atom. The third kappa shape index (κ3) is 2.95. The normalized spacial score (nSPS) is 15.2. The molecule has 1 atom stereocenters. The molecule has 6 heteroatoms. The van der Waals surface area contributed by atoms with E-state index in [1.54, 1.807) is 13.2 Å². The second kappa shape index (κ2) is 7.57. The van der Waals surface area contributed by atoms with Crippen LogP contribution in [0.5, 0.6) is 5.75 Å². The molecule has 1 aliphatic rings. The molecule has 2 heterocycles. The summed E-state index contributed by atoms with van der Waals surface area (Å²) in [5.41, 5.74) is 5.14. The summed E-state index contributed by atoms with van der Waals surface area (Å²) in [6.45, 7) is -0.376. The Balaban J connectivity index is 1.85. The number of carboxylic acid groups (broad SMARTS) is 1. The van der Waals surface area contributed by atoms with Gasteiger partial charge < -0.3 is 19.3 Å². The second-order valence-corrected chi connectivity index (χ2v) is 7.89. The summed E-state index contributed by atoms with van der Waals surface area (Å²) in [5, 5.41) is 10.6. The number of rotatable bonds is 5. The Morgan fingerprint density at radius 2 is 1.78 bits per heavy atom. The average molecular weight is 426 g/mol. The van der Waals surface area contributed by atoms with Gasteiger partial charge in [-0.2, -0.15) is 0 Å². The molecule has 4 aromatic rings. The van der Waals surface area contributed by atoms with Crippen LogP contribution in [0.25, 0.3) is 22.2 Å². The third-order valence-corrected chi connectivity index (χ3v) is 6.13. The van der Waals surface area contributed by atoms with Crippen LogP contribution >= 0.6 is 0 Å². The molecule has 32 heavy (non-hydrogen) atoms. The number of carboxylic acids is 1. The number of hydrogen-bond donors (Lipinski definition) is 1. The van der Waals surface area contributed by atoms with Gasteiger partial charge in [-0.1, -0.05) is 48.5 Å². The molecule has 1 N–H and O–H groups in total. The number of aryl methyl sites for hydroxylation is 1. The smallest absolute Gasteiger partial charge is 0.323 e. The third-order valence-electron chi connectivity index (χ3n) is 6.13. The fraction of sp³-hybridized carbons (Fsp3) is 0.154. The lowest BCUT2D eigenvalue weighted by Crippen LogP contribution is -2.34. The van der Waals surface area contributed by atoms with Gasteiger partial charge in [-0.25, -0.2) is 0 Å². The fourth-order valence-corrected chi connectivity index (χ4v) is 4.81. The van der Waals surface area contributed by atoms with Gasteiger partial charge in [0.05, 0.1) is 18.8 Å². The number of amides is 1. The zero-order valence-electron chi connectivity index (χ0n) is 17.8. The summed E-state index contributed by atoms with van der Waals surface area (Å²) in [7, 11) is 3.62. The molecule has 0 bridgehead atoms. The highest BCUT2D eigenvalue weighted by atomic mass is 16.5. The van der Waals surface area contributed by atoms with E-state index in [9.17, 15) is 14.7 Å². The van der Waals surface area contributed by atoms with Crippen molar-refractivity contribution >= 4 is 22.8 Å². The topological polar surface area (TPSA) is 71.8 Å². The molecule has 0 saturated heterocycles. The van der Waals surface area contributed by atoms with E-state index in [1.807, 2.05) is 73.8 Å². The summed E-state index contributed by atoms with van der Waals surface area (Å²) < 4.78 is 7.55. The van der Waals surface area contributed by atoms with Crippen LogP contribution in [-0.4, -0.2) is 40.1 Å². The molecule has 3 aromatic carbocycles. The van der Waals surface area contributed by atoms with Crippen LogP contribution in [0.3, 0.4) is 0 Å². The molecule has 6 nitrogen and oxygen atoms in total. The van der Waals surface area contributed by atoms with Crippen molar-refractivity contribution in [1.82, 2.24) is 9.47 Å². The molecule has 5 rings (SSSR count). The van der Waals surface area contributed by atoms with Crippen molar-refractivity contribution in [3.8, 4) is 17.0 Å². The molecule has 0 fully saturated rings. The maximum absolute atomic E-state index is 13.2. The number of hydrogen-bond acceptors (Lipinski definition) is 3. The highest BCUT2D eigenvalue weighted by molar-refractivity contribution is 6.03. The first-order chi connectivity index (χ1) is 15.5. The maximum Gasteiger partial charge on any atom is 0.323 e. The fourth-order valence-electron chi connectivity index (χ4n) is 4.81. The summed E-state index contributed by atoms with van der Waals surface area (Å²) in [6, 6.07) is 22.6. The summed E-state index contributed by atoms with van der Waals surface area (Å²) in [4.78, 5) is 26.4. The lowest BCUT2D eigenvalue weighted by molar-refractivity contribution is -0.138. The van der Waals surface area contributed by atoms with Crippen molar-refractivity contribution in [3.63, 3.8) is 0 Å². The minimum absolute atomic E-state index is 0.266. The minimum atomic E-state index is -1.04. The average Bonchev–Trinajstić information content (AvgIpc) is 3.25. The van der Waals surface area contributed by atoms with E-state index in [-0.39, 0.29) is 12.5 Å². The molecular weight excluding hydrogens is 404 g/mol. The Bertz CT molecular complexity index is 1370. The van der Waals surface area contributed by atoms with Crippen LogP contribution in [0.1, 0.15) is 27.5 Å². The Labute approximate surface area is 185 Å². The van der Waals surface area contributed by atoms with Crippen LogP contribution in [-0.2, 0) is 11.8 Å². The number of ether oxygens (including phenoxy) is 1. The minimum Gasteiger partial charge on any atom is -0.497 e. The number of nitrogens with zero attached hydrogens (tertiary/aromatic N) is 2. The molecule has 0 spiro atoms. The van der Waals surface area contributed by atoms with Crippen molar-refractivity contribution in [2.75, 3.05) is 13.7 Å². The van der Waals surface area contributed by atoms with E-state index in [1.165, 1.54) is 4.90 Å². The zero-order chi connectivity index (χ0) is 22.4. The van der Waals surface area contributed by atoms with Crippen LogP contribution in [0.15, 0.2) is 72.8 Å². The van der Waals surface area contributed by atoms with Gasteiger partial charge in [0.15, 0.2) is 0 Å². The zero-order valence-corrected chi connectivity index (χ0v) is 17.8. The number of aromatic nitrogens is 1. The van der Waals surface area contributed by atoms with Gasteiger partial charge in [-0.3, -0.25) is 9.59 Å². The second-order valence-electron chi connectivity index (χ2n) is 7.89. The standard InChI is InChI=1S/C26H22N2O4/c1-27-21-13-6-5-12-20(21)23(24(27)16-8-7-9-17(14-16)32-2)25-18-10-3-4-11-19(18)26(31)28(25)15-22(29)30/h3-14,25H,15H2,1-2H3,(H,29,30)/t25-/m1/s1. The SMILES string of the molecule is COc1cccc(-c2c([C@H]3c4ccccc4C(=O)N3CC(=O)O)c3ccccc3n2C)c1. The lowest BCUT2D eigenvalue weighted by Gasteiger charge is -2.25. The van der Waals surface area contributed by atoms with Gasteiger partial charge in [0.2, 0.25) is 0 Å². The predicted molar refractivity (Wildman–Crippen MR) is 122 cm³/mol. The van der Waals surface area contributed by atoms with Crippen molar-refractivity contribution in [2.24, 2.45) is 7.05 Å². The first kappa shape index (κ1) is 19.9. The number of benzene rings is 3. The van der Waals surface area contributed by atoms with E-state index < -0.39 is 12.0 Å². The van der Waals surface area contributed by atoms with E-state index >= 15 is 0 Å². The van der Waals surface area contributed by atoms with Crippen LogP contribution in [0.4, 0.5) is 0 Å². The maximum atomic E-state index is 13.2. The molecule has 0 radical (unpaired) electrons. The molecule has 0 saturated carbocycles. The molecular formula is C26H22N2O4. The van der Waals surface area contributed by atoms with E-state index in [0.717, 1.165) is 39.0 Å². The summed E-state index contributed by atoms with van der Waals surface area (Å²) in [6.07, 6.45) is 0. The van der Waals surface area contributed by atoms with Crippen molar-refractivity contribution in [1.29, 1.82) is 0 Å². The number of methoxy groups -OCH3 is 1. The van der Waals surface area contributed by atoms with E-state index in [0.29, 0.717) is 5.56 Å². The van der Waals surface area contributed by atoms with Gasteiger partial charge in [-0.05, 0) is 29.8 Å². The van der Waals surface area contributed by atoms with Crippen molar-refractivity contribution in [3.05, 3.63) is 89.5 Å². The highest BCUT2D eigenvalue weighted by Gasteiger charge is 2.41. The van der Waals surface area contributed by atoms with Gasteiger partial charge in [0.25, 0.3) is 5.91 Å². The Kier molecular flexibility index (Phi) is 4.70. The van der Waals surface area contributed by atoms with Gasteiger partial charge in [0.1, 0.15) is 12.3 Å². The van der Waals surface area contributed by atoms with Crippen molar-refractivity contribution in [2.45, 2.75) is 6.04 Å². The Morgan fingerprint density at radius 1 is 1.03 bits per heavy atom. The predicted octanol–water partition coefficient (Wildman–Crippen LogP) is 4.48. The molecule has 1 amide bonds. The molecule has 0 unspecified atom stereocenters. The number of carbonyl (C=O) groups is 2. The highest BCUT2D eigenvalue weighted by Crippen LogP contribution is 2.46. The number of para-hydroxylation sites is 1. The quantitative estimate of drug-likeness (QED) is 0.511. The van der Waals surface area contributed by atoms with Gasteiger partial charge >= 0.3 is 5.97 Å². The van der Waals surface area contributed by atoms with Gasteiger partial charge in [0, 0.05) is 34.6 Å². The van der Waals surface area contributed by atoms with Crippen molar-refractivity contribution < 1.29 is 19.4 Å². The van der Waals surface area contributed by atoms with E-state index in [2.05, 4.69) is 4.57 Å². The van der Waals surface area contributed by atoms with Crippen LogP contribution in [0.2, 0.25) is 0 Å².